The molecule has 4 rings (SSSR count). The molecule has 7 heteroatoms. The van der Waals surface area contributed by atoms with Crippen molar-refractivity contribution in [2.24, 2.45) is 0 Å². The van der Waals surface area contributed by atoms with Crippen molar-refractivity contribution in [1.82, 2.24) is 14.9 Å². The van der Waals surface area contributed by atoms with Gasteiger partial charge in [-0.05, 0) is 48.9 Å². The number of nitrogens with one attached hydrogen (secondary N) is 1. The molecule has 0 fully saturated rings. The van der Waals surface area contributed by atoms with Crippen LogP contribution in [0.1, 0.15) is 18.9 Å². The number of rotatable bonds is 8. The first-order valence-corrected chi connectivity index (χ1v) is 12.0. The van der Waals surface area contributed by atoms with Crippen LogP contribution < -0.4 is 10.9 Å². The molecule has 1 N–H and O–H groups in total. The highest BCUT2D eigenvalue weighted by atomic mass is 32.2. The Kier molecular flexibility index (Phi) is 6.84. The SMILES string of the molecule is C[C@@H](CCc1ccccc1)NC(=O)CSc1nc2ccsc2c(=O)n1-c1ccccc1. The highest BCUT2D eigenvalue weighted by Gasteiger charge is 2.16. The zero-order valence-corrected chi connectivity index (χ0v) is 18.8. The quantitative estimate of drug-likeness (QED) is 0.313. The van der Waals surface area contributed by atoms with Crippen LogP contribution in [0.3, 0.4) is 0 Å². The summed E-state index contributed by atoms with van der Waals surface area (Å²) < 4.78 is 2.21. The monoisotopic (exact) mass is 449 g/mol. The number of carbonyl (C=O) groups is 1. The maximum absolute atomic E-state index is 13.1. The molecule has 0 spiro atoms. The average Bonchev–Trinajstić information content (AvgIpc) is 3.27. The minimum Gasteiger partial charge on any atom is -0.353 e. The van der Waals surface area contributed by atoms with Crippen molar-refractivity contribution in [3.05, 3.63) is 88.0 Å². The molecule has 1 atom stereocenters. The molecule has 0 aliphatic carbocycles. The van der Waals surface area contributed by atoms with Gasteiger partial charge < -0.3 is 5.32 Å². The van der Waals surface area contributed by atoms with Crippen LogP contribution in [0.2, 0.25) is 0 Å². The number of hydrogen-bond donors (Lipinski definition) is 1. The van der Waals surface area contributed by atoms with Gasteiger partial charge in [-0.3, -0.25) is 14.2 Å². The summed E-state index contributed by atoms with van der Waals surface area (Å²) in [5.41, 5.74) is 2.57. The Morgan fingerprint density at radius 2 is 1.81 bits per heavy atom. The lowest BCUT2D eigenvalue weighted by Crippen LogP contribution is -2.34. The summed E-state index contributed by atoms with van der Waals surface area (Å²) in [6, 6.07) is 21.6. The van der Waals surface area contributed by atoms with Crippen LogP contribution in [0.5, 0.6) is 0 Å². The molecule has 31 heavy (non-hydrogen) atoms. The summed E-state index contributed by atoms with van der Waals surface area (Å²) in [7, 11) is 0. The number of thiophene rings is 1. The second-order valence-corrected chi connectivity index (χ2v) is 9.15. The lowest BCUT2D eigenvalue weighted by atomic mass is 10.1. The van der Waals surface area contributed by atoms with Crippen LogP contribution in [0.25, 0.3) is 15.9 Å². The van der Waals surface area contributed by atoms with E-state index in [1.165, 1.54) is 28.7 Å². The van der Waals surface area contributed by atoms with E-state index in [0.717, 1.165) is 18.5 Å². The Morgan fingerprint density at radius 3 is 2.55 bits per heavy atom. The molecule has 0 aliphatic heterocycles. The third kappa shape index (κ3) is 5.24. The van der Waals surface area contributed by atoms with Crippen LogP contribution >= 0.6 is 23.1 Å². The van der Waals surface area contributed by atoms with Gasteiger partial charge >= 0.3 is 0 Å². The summed E-state index contributed by atoms with van der Waals surface area (Å²) in [5.74, 6) is 0.134. The van der Waals surface area contributed by atoms with Gasteiger partial charge in [-0.2, -0.15) is 0 Å². The van der Waals surface area contributed by atoms with Gasteiger partial charge in [0.05, 0.1) is 17.0 Å². The first-order chi connectivity index (χ1) is 15.1. The van der Waals surface area contributed by atoms with E-state index in [1.807, 2.05) is 66.9 Å². The van der Waals surface area contributed by atoms with Crippen molar-refractivity contribution < 1.29 is 4.79 Å². The minimum atomic E-state index is -0.106. The summed E-state index contributed by atoms with van der Waals surface area (Å²) in [6.07, 6.45) is 1.79. The fourth-order valence-electron chi connectivity index (χ4n) is 3.34. The molecule has 2 heterocycles. The number of fused-ring (bicyclic) bond motifs is 1. The van der Waals surface area contributed by atoms with Crippen molar-refractivity contribution in [2.75, 3.05) is 5.75 Å². The fourth-order valence-corrected chi connectivity index (χ4v) is 4.92. The predicted octanol–water partition coefficient (Wildman–Crippen LogP) is 4.68. The van der Waals surface area contributed by atoms with Gasteiger partial charge in [0.1, 0.15) is 4.70 Å². The zero-order valence-electron chi connectivity index (χ0n) is 17.2. The van der Waals surface area contributed by atoms with Crippen LogP contribution in [0.15, 0.2) is 82.1 Å². The summed E-state index contributed by atoms with van der Waals surface area (Å²) in [5, 5.41) is 5.44. The first-order valence-electron chi connectivity index (χ1n) is 10.1. The molecule has 0 radical (unpaired) electrons. The highest BCUT2D eigenvalue weighted by Crippen LogP contribution is 2.23. The van der Waals surface area contributed by atoms with Crippen molar-refractivity contribution in [3.63, 3.8) is 0 Å². The van der Waals surface area contributed by atoms with Crippen LogP contribution in [0, 0.1) is 0 Å². The second-order valence-electron chi connectivity index (χ2n) is 7.29. The first kappa shape index (κ1) is 21.3. The smallest absolute Gasteiger partial charge is 0.276 e. The van der Waals surface area contributed by atoms with Gasteiger partial charge in [0.2, 0.25) is 5.91 Å². The normalized spacial score (nSPS) is 12.0. The summed E-state index contributed by atoms with van der Waals surface area (Å²) in [6.45, 7) is 2.01. The molecular formula is C24H23N3O2S2. The number of benzene rings is 2. The van der Waals surface area contributed by atoms with Gasteiger partial charge in [-0.1, -0.05) is 60.3 Å². The Hall–Kier alpha value is -2.90. The van der Waals surface area contributed by atoms with Gasteiger partial charge in [0, 0.05) is 6.04 Å². The number of para-hydroxylation sites is 1. The lowest BCUT2D eigenvalue weighted by molar-refractivity contribution is -0.119. The van der Waals surface area contributed by atoms with Gasteiger partial charge in [-0.25, -0.2) is 4.98 Å². The lowest BCUT2D eigenvalue weighted by Gasteiger charge is -2.15. The number of aryl methyl sites for hydroxylation is 1. The Balaban J connectivity index is 1.44. The van der Waals surface area contributed by atoms with E-state index in [-0.39, 0.29) is 23.3 Å². The van der Waals surface area contributed by atoms with Crippen LogP contribution in [-0.2, 0) is 11.2 Å². The van der Waals surface area contributed by atoms with E-state index in [2.05, 4.69) is 22.4 Å². The summed E-state index contributed by atoms with van der Waals surface area (Å²) in [4.78, 5) is 30.3. The molecule has 4 aromatic rings. The minimum absolute atomic E-state index is 0.0650. The Bertz CT molecular complexity index is 1220. The van der Waals surface area contributed by atoms with Crippen molar-refractivity contribution in [3.8, 4) is 5.69 Å². The van der Waals surface area contributed by atoms with E-state index in [4.69, 9.17) is 0 Å². The number of hydrogen-bond acceptors (Lipinski definition) is 5. The van der Waals surface area contributed by atoms with Gasteiger partial charge in [0.25, 0.3) is 5.56 Å². The summed E-state index contributed by atoms with van der Waals surface area (Å²) >= 11 is 2.67. The molecule has 0 saturated carbocycles. The maximum atomic E-state index is 13.1. The molecule has 1 amide bonds. The van der Waals surface area contributed by atoms with Crippen molar-refractivity contribution in [1.29, 1.82) is 0 Å². The van der Waals surface area contributed by atoms with Crippen molar-refractivity contribution in [2.45, 2.75) is 31.0 Å². The number of amides is 1. The highest BCUT2D eigenvalue weighted by molar-refractivity contribution is 7.99. The number of carbonyl (C=O) groups excluding carboxylic acids is 1. The van der Waals surface area contributed by atoms with Gasteiger partial charge in [0.15, 0.2) is 5.16 Å². The van der Waals surface area contributed by atoms with Crippen LogP contribution in [0.4, 0.5) is 0 Å². The molecule has 2 aromatic heterocycles. The average molecular weight is 450 g/mol. The third-order valence-electron chi connectivity index (χ3n) is 4.91. The molecule has 0 unspecified atom stereocenters. The van der Waals surface area contributed by atoms with E-state index in [0.29, 0.717) is 15.4 Å². The van der Waals surface area contributed by atoms with Gasteiger partial charge in [-0.15, -0.1) is 11.3 Å². The van der Waals surface area contributed by atoms with E-state index in [1.54, 1.807) is 4.57 Å². The third-order valence-corrected chi connectivity index (χ3v) is 6.74. The number of thioether (sulfide) groups is 1. The largest absolute Gasteiger partial charge is 0.353 e. The van der Waals surface area contributed by atoms with E-state index in [9.17, 15) is 9.59 Å². The van der Waals surface area contributed by atoms with Crippen molar-refractivity contribution >= 4 is 39.2 Å². The Labute approximate surface area is 189 Å². The van der Waals surface area contributed by atoms with Crippen LogP contribution in [-0.4, -0.2) is 27.3 Å². The molecule has 0 bridgehead atoms. The van der Waals surface area contributed by atoms with E-state index < -0.39 is 0 Å². The topological polar surface area (TPSA) is 64.0 Å². The molecule has 2 aromatic carbocycles. The second kappa shape index (κ2) is 9.94. The molecular weight excluding hydrogens is 426 g/mol. The standard InChI is InChI=1S/C24H23N3O2S2/c1-17(12-13-18-8-4-2-5-9-18)25-21(28)16-31-24-26-20-14-15-30-22(20)23(29)27(24)19-10-6-3-7-11-19/h2-11,14-15,17H,12-13,16H2,1H3,(H,25,28)/t17-/m0/s1. The number of aromatic nitrogens is 2. The zero-order chi connectivity index (χ0) is 21.6. The molecule has 0 saturated heterocycles. The molecule has 0 aliphatic rings. The molecule has 5 nitrogen and oxygen atoms in total. The maximum Gasteiger partial charge on any atom is 0.276 e. The Morgan fingerprint density at radius 1 is 1.10 bits per heavy atom. The molecule has 158 valence electrons. The van der Waals surface area contributed by atoms with E-state index >= 15 is 0 Å². The fraction of sp³-hybridized carbons (Fsp3) is 0.208. The predicted molar refractivity (Wildman–Crippen MR) is 128 cm³/mol. The number of nitrogens with zero attached hydrogens (tertiary/aromatic N) is 2.